The molecular formula is C24H34O5. The Morgan fingerprint density at radius 2 is 1.83 bits per heavy atom. The molecule has 2 fully saturated rings. The number of hydrogen-bond donors (Lipinski definition) is 1. The molecule has 0 heterocycles. The Bertz CT molecular complexity index is 717. The molecular weight excluding hydrogens is 368 g/mol. The monoisotopic (exact) mass is 402 g/mol. The Kier molecular flexibility index (Phi) is 6.57. The first kappa shape index (κ1) is 20.8. The van der Waals surface area contributed by atoms with Crippen LogP contribution < -0.4 is 4.74 Å². The van der Waals surface area contributed by atoms with Crippen LogP contribution in [0.1, 0.15) is 56.1 Å². The normalized spacial score (nSPS) is 30.6. The number of fused-ring (bicyclic) bond motifs is 5. The van der Waals surface area contributed by atoms with Crippen molar-refractivity contribution in [1.82, 2.24) is 0 Å². The van der Waals surface area contributed by atoms with E-state index in [1.807, 2.05) is 0 Å². The number of carbonyl (C=O) groups is 1. The second kappa shape index (κ2) is 9.15. The molecule has 1 N–H and O–H groups in total. The van der Waals surface area contributed by atoms with Crippen LogP contribution in [0.15, 0.2) is 18.2 Å². The quantitative estimate of drug-likeness (QED) is 0.641. The van der Waals surface area contributed by atoms with E-state index in [4.69, 9.17) is 19.3 Å². The lowest BCUT2D eigenvalue weighted by atomic mass is 9.55. The SMILES string of the molecule is C[C@]12CC[C@@H]3c4ccc(OCCOCCOCCO)cc4CC[C@H]3[C@@H]1CCC2=O. The molecule has 3 aliphatic carbocycles. The van der Waals surface area contributed by atoms with Gasteiger partial charge < -0.3 is 19.3 Å². The molecule has 0 saturated heterocycles. The molecule has 5 nitrogen and oxygen atoms in total. The van der Waals surface area contributed by atoms with E-state index in [1.165, 1.54) is 17.5 Å². The highest BCUT2D eigenvalue weighted by atomic mass is 16.5. The van der Waals surface area contributed by atoms with Crippen LogP contribution in [-0.2, 0) is 20.7 Å². The Hall–Kier alpha value is -1.43. The molecule has 4 atom stereocenters. The summed E-state index contributed by atoms with van der Waals surface area (Å²) in [5, 5.41) is 8.64. The van der Waals surface area contributed by atoms with Crippen molar-refractivity contribution in [3.63, 3.8) is 0 Å². The minimum absolute atomic E-state index is 0.0428. The molecule has 1 aromatic carbocycles. The summed E-state index contributed by atoms with van der Waals surface area (Å²) >= 11 is 0. The van der Waals surface area contributed by atoms with Crippen molar-refractivity contribution >= 4 is 5.78 Å². The van der Waals surface area contributed by atoms with Crippen LogP contribution in [0.5, 0.6) is 5.75 Å². The van der Waals surface area contributed by atoms with Crippen LogP contribution in [0, 0.1) is 17.3 Å². The fraction of sp³-hybridized carbons (Fsp3) is 0.708. The standard InChI is InChI=1S/C24H34O5/c1-24-9-8-20-19-5-3-18(29-15-14-28-13-12-27-11-10-25)16-17(19)2-4-21(20)22(24)6-7-23(24)26/h3,5,16,20-22,25H,2,4,6-15H2,1H3/t20-,21-,22+,24+/m1/s1. The molecule has 0 radical (unpaired) electrons. The van der Waals surface area contributed by atoms with Crippen molar-refractivity contribution in [2.45, 2.75) is 51.4 Å². The maximum Gasteiger partial charge on any atom is 0.139 e. The van der Waals surface area contributed by atoms with Crippen LogP contribution in [0.2, 0.25) is 0 Å². The van der Waals surface area contributed by atoms with Gasteiger partial charge in [-0.2, -0.15) is 0 Å². The number of aryl methyl sites for hydroxylation is 1. The Balaban J connectivity index is 1.30. The maximum absolute atomic E-state index is 12.5. The molecule has 1 aromatic rings. The van der Waals surface area contributed by atoms with Gasteiger partial charge in [0.1, 0.15) is 18.1 Å². The third kappa shape index (κ3) is 4.23. The van der Waals surface area contributed by atoms with Gasteiger partial charge in [0.2, 0.25) is 0 Å². The van der Waals surface area contributed by atoms with Gasteiger partial charge in [-0.3, -0.25) is 4.79 Å². The van der Waals surface area contributed by atoms with Crippen LogP contribution >= 0.6 is 0 Å². The van der Waals surface area contributed by atoms with Gasteiger partial charge in [0, 0.05) is 11.8 Å². The summed E-state index contributed by atoms with van der Waals surface area (Å²) in [6.45, 7) is 4.68. The third-order valence-corrected chi connectivity index (χ3v) is 7.51. The number of Topliss-reactive ketones (excluding diaryl/α,β-unsaturated/α-hetero) is 1. The molecule has 2 saturated carbocycles. The van der Waals surface area contributed by atoms with Crippen LogP contribution in [0.4, 0.5) is 0 Å². The second-order valence-corrected chi connectivity index (χ2v) is 8.99. The highest BCUT2D eigenvalue weighted by molar-refractivity contribution is 5.87. The van der Waals surface area contributed by atoms with Gasteiger partial charge in [-0.1, -0.05) is 13.0 Å². The first-order valence-electron chi connectivity index (χ1n) is 11.2. The van der Waals surface area contributed by atoms with E-state index >= 15 is 0 Å². The number of benzene rings is 1. The predicted molar refractivity (Wildman–Crippen MR) is 110 cm³/mol. The Morgan fingerprint density at radius 3 is 2.66 bits per heavy atom. The first-order valence-corrected chi connectivity index (χ1v) is 11.2. The highest BCUT2D eigenvalue weighted by Gasteiger charge is 2.54. The molecule has 29 heavy (non-hydrogen) atoms. The molecule has 3 aliphatic rings. The minimum atomic E-state index is -0.0507. The van der Waals surface area contributed by atoms with Gasteiger partial charge in [0.15, 0.2) is 0 Å². The molecule has 0 amide bonds. The summed E-state index contributed by atoms with van der Waals surface area (Å²) < 4.78 is 16.5. The van der Waals surface area contributed by atoms with Crippen LogP contribution in [-0.4, -0.2) is 50.5 Å². The largest absolute Gasteiger partial charge is 0.491 e. The van der Waals surface area contributed by atoms with Crippen LogP contribution in [0.3, 0.4) is 0 Å². The van der Waals surface area contributed by atoms with Gasteiger partial charge in [-0.25, -0.2) is 0 Å². The maximum atomic E-state index is 12.5. The van der Waals surface area contributed by atoms with Crippen molar-refractivity contribution in [2.75, 3.05) is 39.6 Å². The van der Waals surface area contributed by atoms with Crippen molar-refractivity contribution < 1.29 is 24.1 Å². The zero-order valence-corrected chi connectivity index (χ0v) is 17.5. The minimum Gasteiger partial charge on any atom is -0.491 e. The summed E-state index contributed by atoms with van der Waals surface area (Å²) in [5.74, 6) is 3.29. The summed E-state index contributed by atoms with van der Waals surface area (Å²) in [7, 11) is 0. The molecule has 0 bridgehead atoms. The number of carbonyl (C=O) groups excluding carboxylic acids is 1. The molecule has 4 rings (SSSR count). The lowest BCUT2D eigenvalue weighted by Crippen LogP contribution is -2.42. The van der Waals surface area contributed by atoms with Gasteiger partial charge in [-0.15, -0.1) is 0 Å². The Labute approximate surface area is 173 Å². The number of ketones is 1. The number of rotatable bonds is 9. The number of hydrogen-bond acceptors (Lipinski definition) is 5. The van der Waals surface area contributed by atoms with E-state index in [0.717, 1.165) is 37.9 Å². The van der Waals surface area contributed by atoms with Gasteiger partial charge in [0.25, 0.3) is 0 Å². The zero-order valence-electron chi connectivity index (χ0n) is 17.5. The second-order valence-electron chi connectivity index (χ2n) is 8.99. The Morgan fingerprint density at radius 1 is 1.03 bits per heavy atom. The first-order chi connectivity index (χ1) is 14.1. The van der Waals surface area contributed by atoms with E-state index in [-0.39, 0.29) is 12.0 Å². The number of aliphatic hydroxyl groups is 1. The van der Waals surface area contributed by atoms with E-state index in [0.29, 0.717) is 56.6 Å². The number of aliphatic hydroxyl groups excluding tert-OH is 1. The van der Waals surface area contributed by atoms with Gasteiger partial charge >= 0.3 is 0 Å². The summed E-state index contributed by atoms with van der Waals surface area (Å²) in [6.07, 6.45) is 6.37. The summed E-state index contributed by atoms with van der Waals surface area (Å²) in [5.41, 5.74) is 2.87. The summed E-state index contributed by atoms with van der Waals surface area (Å²) in [4.78, 5) is 12.5. The predicted octanol–water partition coefficient (Wildman–Crippen LogP) is 3.52. The van der Waals surface area contributed by atoms with E-state index in [1.54, 1.807) is 0 Å². The van der Waals surface area contributed by atoms with Gasteiger partial charge in [0.05, 0.1) is 33.0 Å². The van der Waals surface area contributed by atoms with Crippen LogP contribution in [0.25, 0.3) is 0 Å². The van der Waals surface area contributed by atoms with Crippen molar-refractivity contribution in [3.05, 3.63) is 29.3 Å². The van der Waals surface area contributed by atoms with E-state index in [2.05, 4.69) is 25.1 Å². The fourth-order valence-electron chi connectivity index (χ4n) is 6.02. The lowest BCUT2D eigenvalue weighted by molar-refractivity contribution is -0.129. The molecule has 0 aliphatic heterocycles. The smallest absolute Gasteiger partial charge is 0.139 e. The van der Waals surface area contributed by atoms with Crippen molar-refractivity contribution in [3.8, 4) is 5.75 Å². The average Bonchev–Trinajstić information content (AvgIpc) is 3.04. The highest BCUT2D eigenvalue weighted by Crippen LogP contribution is 2.59. The van der Waals surface area contributed by atoms with Crippen molar-refractivity contribution in [1.29, 1.82) is 0 Å². The topological polar surface area (TPSA) is 65.0 Å². The zero-order chi connectivity index (χ0) is 20.3. The molecule has 0 aromatic heterocycles. The third-order valence-electron chi connectivity index (χ3n) is 7.51. The van der Waals surface area contributed by atoms with E-state index in [9.17, 15) is 4.79 Å². The van der Waals surface area contributed by atoms with Crippen molar-refractivity contribution in [2.24, 2.45) is 17.3 Å². The average molecular weight is 403 g/mol. The number of ether oxygens (including phenoxy) is 3. The molecule has 160 valence electrons. The molecule has 0 unspecified atom stereocenters. The summed E-state index contributed by atoms with van der Waals surface area (Å²) in [6, 6.07) is 6.58. The molecule has 0 spiro atoms. The van der Waals surface area contributed by atoms with E-state index < -0.39 is 0 Å². The lowest BCUT2D eigenvalue weighted by Gasteiger charge is -2.48. The molecule has 5 heteroatoms. The van der Waals surface area contributed by atoms with Gasteiger partial charge in [-0.05, 0) is 73.1 Å². The fourth-order valence-corrected chi connectivity index (χ4v) is 6.02.